The number of methoxy groups -OCH3 is 1. The second kappa shape index (κ2) is 5.69. The van der Waals surface area contributed by atoms with Gasteiger partial charge in [-0.05, 0) is 40.9 Å². The maximum atomic E-state index is 12.6. The topological polar surface area (TPSA) is 46.6 Å². The molecule has 0 radical (unpaired) electrons. The zero-order valence-corrected chi connectivity index (χ0v) is 12.6. The van der Waals surface area contributed by atoms with Crippen LogP contribution in [0.15, 0.2) is 33.6 Å². The first kappa shape index (κ1) is 14.0. The molecule has 1 aromatic carbocycles. The lowest BCUT2D eigenvalue weighted by Crippen LogP contribution is -2.38. The highest BCUT2D eigenvalue weighted by atomic mass is 79.9. The van der Waals surface area contributed by atoms with Crippen molar-refractivity contribution in [1.82, 2.24) is 4.31 Å². The maximum Gasteiger partial charge on any atom is 0.244 e. The summed E-state index contributed by atoms with van der Waals surface area (Å²) >= 11 is 3.30. The van der Waals surface area contributed by atoms with Crippen LogP contribution in [0, 0.1) is 0 Å². The van der Waals surface area contributed by atoms with Crippen LogP contribution in [0.2, 0.25) is 0 Å². The molecular weight excluding hydrogens is 318 g/mol. The van der Waals surface area contributed by atoms with Crippen molar-refractivity contribution in [2.24, 2.45) is 0 Å². The second-order valence-electron chi connectivity index (χ2n) is 4.30. The number of benzene rings is 1. The number of ether oxygens (including phenoxy) is 1. The zero-order valence-electron chi connectivity index (χ0n) is 10.2. The first-order chi connectivity index (χ1) is 8.57. The smallest absolute Gasteiger partial charge is 0.244 e. The molecule has 1 heterocycles. The van der Waals surface area contributed by atoms with E-state index in [-0.39, 0.29) is 6.04 Å². The van der Waals surface area contributed by atoms with Gasteiger partial charge in [0.2, 0.25) is 10.0 Å². The summed E-state index contributed by atoms with van der Waals surface area (Å²) in [5, 5.41) is 0. The standard InChI is InChI=1S/C12H16BrNO3S/c1-17-9-10-5-4-8-14(10)18(15,16)12-7-3-2-6-11(12)13/h2-3,6-7,10H,4-5,8-9H2,1H3. The SMILES string of the molecule is COCC1CCCN1S(=O)(=O)c1ccccc1Br. The van der Waals surface area contributed by atoms with Gasteiger partial charge in [0, 0.05) is 24.2 Å². The Bertz CT molecular complexity index is 518. The van der Waals surface area contributed by atoms with E-state index in [9.17, 15) is 8.42 Å². The molecule has 0 saturated carbocycles. The Morgan fingerprint density at radius 2 is 2.17 bits per heavy atom. The van der Waals surface area contributed by atoms with E-state index in [1.165, 1.54) is 0 Å². The van der Waals surface area contributed by atoms with Crippen LogP contribution < -0.4 is 0 Å². The normalized spacial score (nSPS) is 21.3. The fourth-order valence-corrected chi connectivity index (χ4v) is 4.91. The summed E-state index contributed by atoms with van der Waals surface area (Å²) in [5.74, 6) is 0. The molecule has 0 aromatic heterocycles. The van der Waals surface area contributed by atoms with Crippen molar-refractivity contribution in [2.75, 3.05) is 20.3 Å². The predicted octanol–water partition coefficient (Wildman–Crippen LogP) is 2.25. The first-order valence-electron chi connectivity index (χ1n) is 5.82. The van der Waals surface area contributed by atoms with Crippen LogP contribution in [0.3, 0.4) is 0 Å². The Kier molecular flexibility index (Phi) is 4.42. The summed E-state index contributed by atoms with van der Waals surface area (Å²) in [5.41, 5.74) is 0. The van der Waals surface area contributed by atoms with Crippen LogP contribution in [-0.2, 0) is 14.8 Å². The van der Waals surface area contributed by atoms with E-state index in [0.717, 1.165) is 12.8 Å². The van der Waals surface area contributed by atoms with Gasteiger partial charge in [-0.3, -0.25) is 0 Å². The average Bonchev–Trinajstić information content (AvgIpc) is 2.79. The zero-order chi connectivity index (χ0) is 13.2. The third kappa shape index (κ3) is 2.61. The summed E-state index contributed by atoms with van der Waals surface area (Å²) in [6.07, 6.45) is 1.75. The molecule has 0 bridgehead atoms. The van der Waals surface area contributed by atoms with Crippen molar-refractivity contribution in [2.45, 2.75) is 23.8 Å². The van der Waals surface area contributed by atoms with Gasteiger partial charge in [-0.25, -0.2) is 8.42 Å². The molecule has 6 heteroatoms. The molecule has 1 fully saturated rings. The Morgan fingerprint density at radius 3 is 2.83 bits per heavy atom. The molecule has 1 aliphatic rings. The van der Waals surface area contributed by atoms with E-state index in [0.29, 0.717) is 22.5 Å². The van der Waals surface area contributed by atoms with Crippen molar-refractivity contribution in [1.29, 1.82) is 0 Å². The lowest BCUT2D eigenvalue weighted by atomic mass is 10.2. The molecule has 1 unspecified atom stereocenters. The van der Waals surface area contributed by atoms with Crippen molar-refractivity contribution in [3.05, 3.63) is 28.7 Å². The Morgan fingerprint density at radius 1 is 1.44 bits per heavy atom. The number of nitrogens with zero attached hydrogens (tertiary/aromatic N) is 1. The van der Waals surface area contributed by atoms with Crippen LogP contribution in [0.1, 0.15) is 12.8 Å². The van der Waals surface area contributed by atoms with Crippen LogP contribution >= 0.6 is 15.9 Å². The van der Waals surface area contributed by atoms with E-state index in [1.807, 2.05) is 0 Å². The van der Waals surface area contributed by atoms with E-state index < -0.39 is 10.0 Å². The largest absolute Gasteiger partial charge is 0.383 e. The molecule has 1 aromatic rings. The molecule has 18 heavy (non-hydrogen) atoms. The van der Waals surface area contributed by atoms with Gasteiger partial charge in [-0.2, -0.15) is 4.31 Å². The van der Waals surface area contributed by atoms with Crippen LogP contribution in [0.4, 0.5) is 0 Å². The van der Waals surface area contributed by atoms with Crippen molar-refractivity contribution in [3.8, 4) is 0 Å². The number of sulfonamides is 1. The third-order valence-electron chi connectivity index (χ3n) is 3.11. The first-order valence-corrected chi connectivity index (χ1v) is 8.06. The Labute approximate surface area is 116 Å². The van der Waals surface area contributed by atoms with Gasteiger partial charge < -0.3 is 4.74 Å². The molecule has 0 N–H and O–H groups in total. The van der Waals surface area contributed by atoms with Crippen molar-refractivity contribution in [3.63, 3.8) is 0 Å². The number of hydrogen-bond acceptors (Lipinski definition) is 3. The number of hydrogen-bond donors (Lipinski definition) is 0. The molecule has 0 amide bonds. The van der Waals surface area contributed by atoms with Crippen molar-refractivity contribution >= 4 is 26.0 Å². The molecule has 0 spiro atoms. The molecule has 1 saturated heterocycles. The van der Waals surface area contributed by atoms with Crippen LogP contribution in [0.5, 0.6) is 0 Å². The predicted molar refractivity (Wildman–Crippen MR) is 72.9 cm³/mol. The molecule has 1 aliphatic heterocycles. The van der Waals surface area contributed by atoms with Gasteiger partial charge in [0.05, 0.1) is 11.5 Å². The fourth-order valence-electron chi connectivity index (χ4n) is 2.26. The van der Waals surface area contributed by atoms with Gasteiger partial charge in [0.1, 0.15) is 0 Å². The Balaban J connectivity index is 2.34. The van der Waals surface area contributed by atoms with Crippen LogP contribution in [0.25, 0.3) is 0 Å². The van der Waals surface area contributed by atoms with Crippen LogP contribution in [-0.4, -0.2) is 39.0 Å². The van der Waals surface area contributed by atoms with Gasteiger partial charge in [0.15, 0.2) is 0 Å². The van der Waals surface area contributed by atoms with Gasteiger partial charge in [-0.15, -0.1) is 0 Å². The molecule has 4 nitrogen and oxygen atoms in total. The highest BCUT2D eigenvalue weighted by Crippen LogP contribution is 2.30. The Hall–Kier alpha value is -0.430. The van der Waals surface area contributed by atoms with Crippen molar-refractivity contribution < 1.29 is 13.2 Å². The second-order valence-corrected chi connectivity index (χ2v) is 7.01. The molecule has 100 valence electrons. The summed E-state index contributed by atoms with van der Waals surface area (Å²) in [6, 6.07) is 6.86. The molecule has 1 atom stereocenters. The monoisotopic (exact) mass is 333 g/mol. The number of rotatable bonds is 4. The van der Waals surface area contributed by atoms with Gasteiger partial charge >= 0.3 is 0 Å². The van der Waals surface area contributed by atoms with E-state index in [1.54, 1.807) is 35.7 Å². The summed E-state index contributed by atoms with van der Waals surface area (Å²) < 4.78 is 32.4. The summed E-state index contributed by atoms with van der Waals surface area (Å²) in [6.45, 7) is 1.02. The highest BCUT2D eigenvalue weighted by molar-refractivity contribution is 9.10. The van der Waals surface area contributed by atoms with Gasteiger partial charge in [0.25, 0.3) is 0 Å². The molecular formula is C12H16BrNO3S. The van der Waals surface area contributed by atoms with E-state index >= 15 is 0 Å². The maximum absolute atomic E-state index is 12.6. The quantitative estimate of drug-likeness (QED) is 0.848. The summed E-state index contributed by atoms with van der Waals surface area (Å²) in [7, 11) is -1.84. The molecule has 2 rings (SSSR count). The fraction of sp³-hybridized carbons (Fsp3) is 0.500. The molecule has 0 aliphatic carbocycles. The minimum Gasteiger partial charge on any atom is -0.383 e. The summed E-state index contributed by atoms with van der Waals surface area (Å²) in [4.78, 5) is 0.327. The van der Waals surface area contributed by atoms with E-state index in [4.69, 9.17) is 4.74 Å². The minimum atomic E-state index is -3.43. The number of halogens is 1. The van der Waals surface area contributed by atoms with Gasteiger partial charge in [-0.1, -0.05) is 12.1 Å². The average molecular weight is 334 g/mol. The lowest BCUT2D eigenvalue weighted by Gasteiger charge is -2.23. The minimum absolute atomic E-state index is 0.0490. The van der Waals surface area contributed by atoms with E-state index in [2.05, 4.69) is 15.9 Å². The third-order valence-corrected chi connectivity index (χ3v) is 6.07. The lowest BCUT2D eigenvalue weighted by molar-refractivity contribution is 0.149. The highest BCUT2D eigenvalue weighted by Gasteiger charge is 2.35.